The highest BCUT2D eigenvalue weighted by atomic mass is 32.2. The van der Waals surface area contributed by atoms with Crippen molar-refractivity contribution in [1.29, 1.82) is 0 Å². The Kier molecular flexibility index (Phi) is 7.88. The predicted molar refractivity (Wildman–Crippen MR) is 140 cm³/mol. The van der Waals surface area contributed by atoms with Crippen LogP contribution in [0.5, 0.6) is 0 Å². The average molecular weight is 492 g/mol. The lowest BCUT2D eigenvalue weighted by molar-refractivity contribution is -0.119. The SMILES string of the molecule is Cc1cc(C)cc(N(CC(=O)NCc2cccc(CN3CCCC3)c2)S(=O)(=O)c2ccccc2)c1. The lowest BCUT2D eigenvalue weighted by Crippen LogP contribution is -2.40. The number of likely N-dealkylation sites (tertiary alicyclic amines) is 1. The first kappa shape index (κ1) is 24.9. The minimum absolute atomic E-state index is 0.154. The maximum absolute atomic E-state index is 13.5. The van der Waals surface area contributed by atoms with Gasteiger partial charge < -0.3 is 5.32 Å². The molecule has 1 amide bonds. The monoisotopic (exact) mass is 491 g/mol. The van der Waals surface area contributed by atoms with Crippen molar-refractivity contribution in [3.63, 3.8) is 0 Å². The molecule has 1 heterocycles. The first-order valence-electron chi connectivity index (χ1n) is 12.0. The average Bonchev–Trinajstić information content (AvgIpc) is 3.34. The van der Waals surface area contributed by atoms with E-state index in [1.807, 2.05) is 32.0 Å². The molecule has 4 rings (SSSR count). The van der Waals surface area contributed by atoms with E-state index < -0.39 is 10.0 Å². The second-order valence-corrected chi connectivity index (χ2v) is 11.1. The molecule has 1 N–H and O–H groups in total. The molecule has 6 nitrogen and oxygen atoms in total. The van der Waals surface area contributed by atoms with E-state index >= 15 is 0 Å². The maximum Gasteiger partial charge on any atom is 0.264 e. The third-order valence-corrected chi connectivity index (χ3v) is 7.99. The van der Waals surface area contributed by atoms with Crippen molar-refractivity contribution in [1.82, 2.24) is 10.2 Å². The van der Waals surface area contributed by atoms with Crippen molar-refractivity contribution in [2.75, 3.05) is 23.9 Å². The van der Waals surface area contributed by atoms with Crippen LogP contribution in [0, 0.1) is 13.8 Å². The predicted octanol–water partition coefficient (Wildman–Crippen LogP) is 4.41. The fourth-order valence-corrected chi connectivity index (χ4v) is 5.98. The number of nitrogens with zero attached hydrogens (tertiary/aromatic N) is 2. The van der Waals surface area contributed by atoms with E-state index in [0.29, 0.717) is 12.2 Å². The summed E-state index contributed by atoms with van der Waals surface area (Å²) in [5.74, 6) is -0.353. The largest absolute Gasteiger partial charge is 0.350 e. The lowest BCUT2D eigenvalue weighted by Gasteiger charge is -2.25. The van der Waals surface area contributed by atoms with E-state index in [9.17, 15) is 13.2 Å². The van der Waals surface area contributed by atoms with Crippen LogP contribution in [0.2, 0.25) is 0 Å². The number of nitrogens with one attached hydrogen (secondary N) is 1. The lowest BCUT2D eigenvalue weighted by atomic mass is 10.1. The zero-order chi connectivity index (χ0) is 24.8. The van der Waals surface area contributed by atoms with E-state index in [1.54, 1.807) is 42.5 Å². The van der Waals surface area contributed by atoms with Gasteiger partial charge in [-0.15, -0.1) is 0 Å². The Labute approximate surface area is 208 Å². The highest BCUT2D eigenvalue weighted by molar-refractivity contribution is 7.92. The fraction of sp³-hybridized carbons (Fsp3) is 0.321. The van der Waals surface area contributed by atoms with E-state index in [2.05, 4.69) is 22.3 Å². The van der Waals surface area contributed by atoms with Crippen LogP contribution < -0.4 is 9.62 Å². The van der Waals surface area contributed by atoms with Crippen molar-refractivity contribution < 1.29 is 13.2 Å². The second-order valence-electron chi connectivity index (χ2n) is 9.25. The number of hydrogen-bond acceptors (Lipinski definition) is 4. The number of hydrogen-bond donors (Lipinski definition) is 1. The number of rotatable bonds is 9. The molecule has 1 fully saturated rings. The molecule has 0 spiro atoms. The normalized spacial score (nSPS) is 14.1. The fourth-order valence-electron chi connectivity index (χ4n) is 4.55. The summed E-state index contributed by atoms with van der Waals surface area (Å²) in [6.07, 6.45) is 2.50. The Hall–Kier alpha value is -3.16. The third kappa shape index (κ3) is 6.50. The summed E-state index contributed by atoms with van der Waals surface area (Å²) < 4.78 is 28.2. The Balaban J connectivity index is 1.50. The summed E-state index contributed by atoms with van der Waals surface area (Å²) in [7, 11) is -3.92. The molecule has 0 bridgehead atoms. The maximum atomic E-state index is 13.5. The zero-order valence-corrected chi connectivity index (χ0v) is 21.2. The quantitative estimate of drug-likeness (QED) is 0.481. The van der Waals surface area contributed by atoms with Crippen LogP contribution >= 0.6 is 0 Å². The second kappa shape index (κ2) is 11.1. The molecule has 184 valence electrons. The first-order valence-corrected chi connectivity index (χ1v) is 13.5. The summed E-state index contributed by atoms with van der Waals surface area (Å²) in [5, 5.41) is 2.91. The number of anilines is 1. The standard InChI is InChI=1S/C28H33N3O3S/c1-22-15-23(2)17-26(16-22)31(35(33,34)27-11-4-3-5-12-27)21-28(32)29-19-24-9-8-10-25(18-24)20-30-13-6-7-14-30/h3-5,8-12,15-18H,6-7,13-14,19-21H2,1-2H3,(H,29,32). The molecule has 1 aliphatic rings. The van der Waals surface area contributed by atoms with Gasteiger partial charge in [0.1, 0.15) is 6.54 Å². The van der Waals surface area contributed by atoms with Crippen molar-refractivity contribution in [2.45, 2.75) is 44.7 Å². The first-order chi connectivity index (χ1) is 16.8. The number of carbonyl (C=O) groups excluding carboxylic acids is 1. The van der Waals surface area contributed by atoms with Gasteiger partial charge in [0, 0.05) is 13.1 Å². The van der Waals surface area contributed by atoms with Gasteiger partial charge in [0.25, 0.3) is 10.0 Å². The van der Waals surface area contributed by atoms with Gasteiger partial charge in [0.15, 0.2) is 0 Å². The Morgan fingerprint density at radius 3 is 2.23 bits per heavy atom. The van der Waals surface area contributed by atoms with Crippen LogP contribution in [0.3, 0.4) is 0 Å². The number of amides is 1. The molecule has 1 saturated heterocycles. The van der Waals surface area contributed by atoms with Gasteiger partial charge in [0.2, 0.25) is 5.91 Å². The van der Waals surface area contributed by atoms with Gasteiger partial charge >= 0.3 is 0 Å². The molecule has 35 heavy (non-hydrogen) atoms. The molecular weight excluding hydrogens is 458 g/mol. The van der Waals surface area contributed by atoms with E-state index in [1.165, 1.54) is 22.7 Å². The highest BCUT2D eigenvalue weighted by Gasteiger charge is 2.27. The van der Waals surface area contributed by atoms with Crippen molar-refractivity contribution in [2.24, 2.45) is 0 Å². The third-order valence-electron chi connectivity index (χ3n) is 6.20. The smallest absolute Gasteiger partial charge is 0.264 e. The summed E-state index contributed by atoms with van der Waals surface area (Å²) in [5.41, 5.74) is 4.57. The molecule has 3 aromatic carbocycles. The van der Waals surface area contributed by atoms with E-state index in [4.69, 9.17) is 0 Å². The minimum atomic E-state index is -3.92. The van der Waals surface area contributed by atoms with Gasteiger partial charge in [-0.05, 0) is 86.3 Å². The molecule has 0 aliphatic carbocycles. The molecule has 0 unspecified atom stereocenters. The van der Waals surface area contributed by atoms with Crippen LogP contribution in [-0.2, 0) is 27.9 Å². The summed E-state index contributed by atoms with van der Waals surface area (Å²) in [6, 6.07) is 22.0. The molecule has 0 atom stereocenters. The number of sulfonamides is 1. The zero-order valence-electron chi connectivity index (χ0n) is 20.4. The van der Waals surface area contributed by atoms with Crippen LogP contribution in [0.25, 0.3) is 0 Å². The van der Waals surface area contributed by atoms with Crippen molar-refractivity contribution in [3.8, 4) is 0 Å². The Bertz CT molecular complexity index is 1250. The van der Waals surface area contributed by atoms with Crippen LogP contribution in [0.1, 0.15) is 35.1 Å². The van der Waals surface area contributed by atoms with Crippen LogP contribution in [0.15, 0.2) is 77.7 Å². The molecule has 7 heteroatoms. The molecule has 1 aliphatic heterocycles. The highest BCUT2D eigenvalue weighted by Crippen LogP contribution is 2.25. The van der Waals surface area contributed by atoms with Crippen molar-refractivity contribution >= 4 is 21.6 Å². The van der Waals surface area contributed by atoms with Gasteiger partial charge in [-0.25, -0.2) is 8.42 Å². The molecule has 0 radical (unpaired) electrons. The molecule has 0 saturated carbocycles. The van der Waals surface area contributed by atoms with Gasteiger partial charge in [-0.1, -0.05) is 48.5 Å². The molecular formula is C28H33N3O3S. The minimum Gasteiger partial charge on any atom is -0.350 e. The number of benzene rings is 3. The topological polar surface area (TPSA) is 69.7 Å². The van der Waals surface area contributed by atoms with E-state index in [0.717, 1.165) is 36.3 Å². The van der Waals surface area contributed by atoms with Crippen molar-refractivity contribution in [3.05, 3.63) is 95.1 Å². The number of aryl methyl sites for hydroxylation is 2. The van der Waals surface area contributed by atoms with Gasteiger partial charge in [-0.3, -0.25) is 14.0 Å². The van der Waals surface area contributed by atoms with E-state index in [-0.39, 0.29) is 17.3 Å². The molecule has 3 aromatic rings. The van der Waals surface area contributed by atoms with Gasteiger partial charge in [0.05, 0.1) is 10.6 Å². The Morgan fingerprint density at radius 1 is 0.886 bits per heavy atom. The van der Waals surface area contributed by atoms with Crippen LogP contribution in [-0.4, -0.2) is 38.9 Å². The summed E-state index contributed by atoms with van der Waals surface area (Å²) in [4.78, 5) is 15.6. The van der Waals surface area contributed by atoms with Gasteiger partial charge in [-0.2, -0.15) is 0 Å². The van der Waals surface area contributed by atoms with Crippen LogP contribution in [0.4, 0.5) is 5.69 Å². The summed E-state index contributed by atoms with van der Waals surface area (Å²) in [6.45, 7) is 7.05. The summed E-state index contributed by atoms with van der Waals surface area (Å²) >= 11 is 0. The number of carbonyl (C=O) groups is 1. The Morgan fingerprint density at radius 2 is 1.54 bits per heavy atom. The molecule has 0 aromatic heterocycles.